The molecule has 3 N–H and O–H groups in total. The van der Waals surface area contributed by atoms with Gasteiger partial charge in [-0.25, -0.2) is 0 Å². The van der Waals surface area contributed by atoms with Gasteiger partial charge in [0.25, 0.3) is 5.91 Å². The van der Waals surface area contributed by atoms with Crippen molar-refractivity contribution >= 4 is 56.4 Å². The zero-order valence-corrected chi connectivity index (χ0v) is 12.7. The Morgan fingerprint density at radius 3 is 2.47 bits per heavy atom. The van der Waals surface area contributed by atoms with Crippen LogP contribution < -0.4 is 11.1 Å². The molecule has 6 heteroatoms. The molecule has 3 nitrogen and oxygen atoms in total. The summed E-state index contributed by atoms with van der Waals surface area (Å²) in [5, 5.41) is 3.67. The fourth-order valence-electron chi connectivity index (χ4n) is 1.47. The quantitative estimate of drug-likeness (QED) is 0.770. The molecule has 0 aliphatic rings. The van der Waals surface area contributed by atoms with Crippen LogP contribution in [0.4, 0.5) is 11.4 Å². The summed E-state index contributed by atoms with van der Waals surface area (Å²) in [5.41, 5.74) is 7.11. The van der Waals surface area contributed by atoms with Crippen molar-refractivity contribution in [1.82, 2.24) is 0 Å². The Bertz CT molecular complexity index is 647. The van der Waals surface area contributed by atoms with Crippen LogP contribution in [0.1, 0.15) is 10.4 Å². The lowest BCUT2D eigenvalue weighted by Crippen LogP contribution is -2.12. The molecule has 0 saturated heterocycles. The van der Waals surface area contributed by atoms with Crippen LogP contribution >= 0.6 is 39.1 Å². The van der Waals surface area contributed by atoms with Gasteiger partial charge in [0.05, 0.1) is 15.7 Å². The highest BCUT2D eigenvalue weighted by atomic mass is 79.9. The van der Waals surface area contributed by atoms with Gasteiger partial charge in [0.1, 0.15) is 0 Å². The van der Waals surface area contributed by atoms with E-state index in [4.69, 9.17) is 28.9 Å². The summed E-state index contributed by atoms with van der Waals surface area (Å²) >= 11 is 15.1. The molecule has 0 radical (unpaired) electrons. The molecule has 1 amide bonds. The molecule has 0 fully saturated rings. The van der Waals surface area contributed by atoms with Crippen molar-refractivity contribution < 1.29 is 4.79 Å². The first-order chi connectivity index (χ1) is 8.97. The molecule has 0 aliphatic heterocycles. The smallest absolute Gasteiger partial charge is 0.255 e. The maximum atomic E-state index is 12.1. The Morgan fingerprint density at radius 2 is 1.79 bits per heavy atom. The third-order valence-electron chi connectivity index (χ3n) is 2.42. The monoisotopic (exact) mass is 358 g/mol. The van der Waals surface area contributed by atoms with Crippen LogP contribution in [0.15, 0.2) is 40.9 Å². The maximum absolute atomic E-state index is 12.1. The van der Waals surface area contributed by atoms with Gasteiger partial charge in [-0.1, -0.05) is 23.2 Å². The van der Waals surface area contributed by atoms with E-state index in [2.05, 4.69) is 21.2 Å². The fourth-order valence-corrected chi connectivity index (χ4v) is 2.13. The largest absolute Gasteiger partial charge is 0.399 e. The van der Waals surface area contributed by atoms with Crippen LogP contribution in [0.2, 0.25) is 10.0 Å². The molecule has 0 saturated carbocycles. The van der Waals surface area contributed by atoms with Crippen LogP contribution in [0.5, 0.6) is 0 Å². The van der Waals surface area contributed by atoms with Crippen molar-refractivity contribution in [1.29, 1.82) is 0 Å². The molecular formula is C13H9BrCl2N2O. The lowest BCUT2D eigenvalue weighted by Gasteiger charge is -2.08. The molecule has 0 unspecified atom stereocenters. The van der Waals surface area contributed by atoms with Crippen LogP contribution in [-0.2, 0) is 0 Å². The van der Waals surface area contributed by atoms with Crippen LogP contribution in [0.3, 0.4) is 0 Å². The van der Waals surface area contributed by atoms with E-state index in [-0.39, 0.29) is 5.91 Å². The summed E-state index contributed by atoms with van der Waals surface area (Å²) in [6, 6.07) is 9.80. The summed E-state index contributed by atoms with van der Waals surface area (Å²) in [7, 11) is 0. The van der Waals surface area contributed by atoms with Crippen molar-refractivity contribution in [3.8, 4) is 0 Å². The van der Waals surface area contributed by atoms with E-state index in [1.807, 2.05) is 0 Å². The number of nitrogens with one attached hydrogen (secondary N) is 1. The van der Waals surface area contributed by atoms with Crippen molar-refractivity contribution in [3.05, 3.63) is 56.5 Å². The predicted molar refractivity (Wildman–Crippen MR) is 83.0 cm³/mol. The Kier molecular flexibility index (Phi) is 4.34. The average Bonchev–Trinajstić information content (AvgIpc) is 2.37. The van der Waals surface area contributed by atoms with E-state index in [9.17, 15) is 4.79 Å². The predicted octanol–water partition coefficient (Wildman–Crippen LogP) is 4.59. The summed E-state index contributed by atoms with van der Waals surface area (Å²) in [6.07, 6.45) is 0. The number of benzene rings is 2. The summed E-state index contributed by atoms with van der Waals surface area (Å²) in [4.78, 5) is 12.1. The molecule has 2 aromatic carbocycles. The van der Waals surface area contributed by atoms with Gasteiger partial charge in [-0.2, -0.15) is 0 Å². The van der Waals surface area contributed by atoms with Crippen molar-refractivity contribution in [2.75, 3.05) is 11.1 Å². The molecule has 2 aromatic rings. The fraction of sp³-hybridized carbons (Fsp3) is 0. The second kappa shape index (κ2) is 5.82. The number of nitrogen functional groups attached to an aromatic ring is 1. The van der Waals surface area contributed by atoms with E-state index in [0.29, 0.717) is 31.5 Å². The molecule has 0 aromatic heterocycles. The highest BCUT2D eigenvalue weighted by Crippen LogP contribution is 2.26. The number of hydrogen-bond acceptors (Lipinski definition) is 2. The number of nitrogens with two attached hydrogens (primary N) is 1. The minimum atomic E-state index is -0.287. The number of rotatable bonds is 2. The lowest BCUT2D eigenvalue weighted by molar-refractivity contribution is 0.102. The molecule has 0 bridgehead atoms. The molecule has 0 aliphatic carbocycles. The zero-order valence-electron chi connectivity index (χ0n) is 9.58. The van der Waals surface area contributed by atoms with Crippen molar-refractivity contribution in [3.63, 3.8) is 0 Å². The van der Waals surface area contributed by atoms with E-state index in [0.717, 1.165) is 0 Å². The van der Waals surface area contributed by atoms with Crippen LogP contribution in [-0.4, -0.2) is 5.91 Å². The molecule has 98 valence electrons. The molecule has 19 heavy (non-hydrogen) atoms. The Hall–Kier alpha value is -1.23. The van der Waals surface area contributed by atoms with E-state index < -0.39 is 0 Å². The molecular weight excluding hydrogens is 351 g/mol. The van der Waals surface area contributed by atoms with Gasteiger partial charge in [-0.05, 0) is 52.3 Å². The Balaban J connectivity index is 2.25. The molecule has 0 spiro atoms. The topological polar surface area (TPSA) is 55.1 Å². The maximum Gasteiger partial charge on any atom is 0.255 e. The zero-order chi connectivity index (χ0) is 14.0. The third-order valence-corrected chi connectivity index (χ3v) is 3.96. The van der Waals surface area contributed by atoms with Gasteiger partial charge in [-0.3, -0.25) is 4.79 Å². The highest BCUT2D eigenvalue weighted by Gasteiger charge is 2.10. The van der Waals surface area contributed by atoms with Crippen LogP contribution in [0.25, 0.3) is 0 Å². The van der Waals surface area contributed by atoms with Gasteiger partial charge in [-0.15, -0.1) is 0 Å². The molecule has 2 rings (SSSR count). The Labute approximate surface area is 128 Å². The molecule has 0 heterocycles. The van der Waals surface area contributed by atoms with Gasteiger partial charge < -0.3 is 11.1 Å². The number of amides is 1. The number of carbonyl (C=O) groups is 1. The first-order valence-electron chi connectivity index (χ1n) is 5.29. The van der Waals surface area contributed by atoms with Crippen molar-refractivity contribution in [2.24, 2.45) is 0 Å². The summed E-state index contributed by atoms with van der Waals surface area (Å²) < 4.78 is 0.653. The van der Waals surface area contributed by atoms with Crippen molar-refractivity contribution in [2.45, 2.75) is 0 Å². The number of carbonyl (C=O) groups excluding carboxylic acids is 1. The normalized spacial score (nSPS) is 10.3. The number of halogens is 3. The highest BCUT2D eigenvalue weighted by molar-refractivity contribution is 9.10. The molecule has 0 atom stereocenters. The first-order valence-corrected chi connectivity index (χ1v) is 6.83. The van der Waals surface area contributed by atoms with Gasteiger partial charge in [0, 0.05) is 15.7 Å². The summed E-state index contributed by atoms with van der Waals surface area (Å²) in [5.74, 6) is -0.287. The summed E-state index contributed by atoms with van der Waals surface area (Å²) in [6.45, 7) is 0. The second-order valence-electron chi connectivity index (χ2n) is 3.82. The SMILES string of the molecule is Nc1ccc(Cl)c(NC(=O)c2ccc(Cl)c(Br)c2)c1. The van der Waals surface area contributed by atoms with E-state index in [1.165, 1.54) is 0 Å². The first kappa shape index (κ1) is 14.2. The van der Waals surface area contributed by atoms with Gasteiger partial charge in [0.15, 0.2) is 0 Å². The standard InChI is InChI=1S/C13H9BrCl2N2O/c14-9-5-7(1-3-10(9)15)13(19)18-12-6-8(17)2-4-11(12)16/h1-6H,17H2,(H,18,19). The van der Waals surface area contributed by atoms with E-state index in [1.54, 1.807) is 36.4 Å². The minimum Gasteiger partial charge on any atom is -0.399 e. The minimum absolute atomic E-state index is 0.287. The van der Waals surface area contributed by atoms with Gasteiger partial charge >= 0.3 is 0 Å². The lowest BCUT2D eigenvalue weighted by atomic mass is 10.2. The number of anilines is 2. The van der Waals surface area contributed by atoms with E-state index >= 15 is 0 Å². The second-order valence-corrected chi connectivity index (χ2v) is 5.49. The average molecular weight is 360 g/mol. The Morgan fingerprint density at radius 1 is 1.11 bits per heavy atom. The number of hydrogen-bond donors (Lipinski definition) is 2. The van der Waals surface area contributed by atoms with Crippen LogP contribution in [0, 0.1) is 0 Å². The van der Waals surface area contributed by atoms with Gasteiger partial charge in [0.2, 0.25) is 0 Å². The third kappa shape index (κ3) is 3.41.